The fraction of sp³-hybridized carbons (Fsp3) is 0.800. The van der Waals surface area contributed by atoms with Gasteiger partial charge in [0.15, 0.2) is 0 Å². The molecule has 1 amide bonds. The third-order valence-electron chi connectivity index (χ3n) is 2.67. The van der Waals surface area contributed by atoms with Crippen molar-refractivity contribution < 1.29 is 14.7 Å². The molecule has 2 N–H and O–H groups in total. The summed E-state index contributed by atoms with van der Waals surface area (Å²) in [6.45, 7) is 2.92. The van der Waals surface area contributed by atoms with Crippen LogP contribution >= 0.6 is 0 Å². The molecule has 5 heteroatoms. The maximum atomic E-state index is 10.8. The van der Waals surface area contributed by atoms with E-state index in [4.69, 9.17) is 5.11 Å². The largest absolute Gasteiger partial charge is 0.480 e. The lowest BCUT2D eigenvalue weighted by Crippen LogP contribution is -2.48. The van der Waals surface area contributed by atoms with Gasteiger partial charge in [-0.3, -0.25) is 14.5 Å². The Hall–Kier alpha value is -1.10. The quantitative estimate of drug-likeness (QED) is 0.694. The summed E-state index contributed by atoms with van der Waals surface area (Å²) < 4.78 is 0. The minimum atomic E-state index is -0.801. The van der Waals surface area contributed by atoms with Crippen LogP contribution in [0.4, 0.5) is 0 Å². The van der Waals surface area contributed by atoms with Crippen LogP contribution < -0.4 is 5.32 Å². The van der Waals surface area contributed by atoms with E-state index < -0.39 is 5.97 Å². The Labute approximate surface area is 89.4 Å². The zero-order valence-electron chi connectivity index (χ0n) is 9.03. The van der Waals surface area contributed by atoms with Crippen molar-refractivity contribution in [2.24, 2.45) is 0 Å². The van der Waals surface area contributed by atoms with E-state index in [2.05, 4.69) is 5.32 Å². The zero-order chi connectivity index (χ0) is 11.3. The summed E-state index contributed by atoms with van der Waals surface area (Å²) in [6, 6.07) is 0.179. The van der Waals surface area contributed by atoms with Gasteiger partial charge in [0.2, 0.25) is 5.91 Å². The average Bonchev–Trinajstić information content (AvgIpc) is 2.15. The minimum absolute atomic E-state index is 0.0594. The van der Waals surface area contributed by atoms with E-state index in [0.717, 1.165) is 25.8 Å². The van der Waals surface area contributed by atoms with Crippen LogP contribution in [0.3, 0.4) is 0 Å². The summed E-state index contributed by atoms with van der Waals surface area (Å²) in [7, 11) is 0. The first-order valence-electron chi connectivity index (χ1n) is 5.30. The van der Waals surface area contributed by atoms with Crippen LogP contribution in [-0.2, 0) is 9.59 Å². The first kappa shape index (κ1) is 12.0. The number of carboxylic acid groups (broad SMARTS) is 1. The van der Waals surface area contributed by atoms with Crippen LogP contribution in [-0.4, -0.2) is 47.6 Å². The van der Waals surface area contributed by atoms with Crippen LogP contribution in [0.25, 0.3) is 0 Å². The maximum absolute atomic E-state index is 10.8. The van der Waals surface area contributed by atoms with E-state index >= 15 is 0 Å². The lowest BCUT2D eigenvalue weighted by atomic mass is 10.0. The molecule has 1 fully saturated rings. The summed E-state index contributed by atoms with van der Waals surface area (Å²) in [6.07, 6.45) is 3.12. The molecule has 1 heterocycles. The number of carboxylic acids is 1. The van der Waals surface area contributed by atoms with Gasteiger partial charge in [-0.1, -0.05) is 6.42 Å². The number of rotatable bonds is 4. The first-order valence-corrected chi connectivity index (χ1v) is 5.30. The van der Waals surface area contributed by atoms with Crippen molar-refractivity contribution in [3.63, 3.8) is 0 Å². The number of amides is 1. The highest BCUT2D eigenvalue weighted by molar-refractivity contribution is 5.72. The van der Waals surface area contributed by atoms with E-state index in [-0.39, 0.29) is 18.5 Å². The molecule has 1 aliphatic rings. The molecule has 15 heavy (non-hydrogen) atoms. The Balaban J connectivity index is 2.42. The topological polar surface area (TPSA) is 69.6 Å². The van der Waals surface area contributed by atoms with Crippen LogP contribution in [0.15, 0.2) is 0 Å². The highest BCUT2D eigenvalue weighted by Gasteiger charge is 2.23. The number of carbonyl (C=O) groups excluding carboxylic acids is 1. The Morgan fingerprint density at radius 3 is 2.80 bits per heavy atom. The molecule has 1 atom stereocenters. The monoisotopic (exact) mass is 214 g/mol. The van der Waals surface area contributed by atoms with Crippen LogP contribution in [0, 0.1) is 0 Å². The van der Waals surface area contributed by atoms with Gasteiger partial charge in [0.1, 0.15) is 0 Å². The van der Waals surface area contributed by atoms with Crippen molar-refractivity contribution in [2.45, 2.75) is 32.2 Å². The van der Waals surface area contributed by atoms with E-state index in [1.54, 1.807) is 0 Å². The Bertz CT molecular complexity index is 243. The molecule has 0 bridgehead atoms. The van der Waals surface area contributed by atoms with Gasteiger partial charge in [-0.25, -0.2) is 0 Å². The second kappa shape index (κ2) is 5.70. The molecule has 0 aromatic rings. The van der Waals surface area contributed by atoms with Gasteiger partial charge >= 0.3 is 5.97 Å². The summed E-state index contributed by atoms with van der Waals surface area (Å²) in [4.78, 5) is 23.3. The number of nitrogens with one attached hydrogen (secondary N) is 1. The molecular weight excluding hydrogens is 196 g/mol. The van der Waals surface area contributed by atoms with Gasteiger partial charge < -0.3 is 10.4 Å². The average molecular weight is 214 g/mol. The molecule has 0 saturated carbocycles. The third-order valence-corrected chi connectivity index (χ3v) is 2.67. The van der Waals surface area contributed by atoms with Crippen molar-refractivity contribution in [3.8, 4) is 0 Å². The summed E-state index contributed by atoms with van der Waals surface area (Å²) in [5.74, 6) is -0.861. The fourth-order valence-corrected chi connectivity index (χ4v) is 1.93. The molecule has 1 aliphatic heterocycles. The fourth-order valence-electron chi connectivity index (χ4n) is 1.93. The summed E-state index contributed by atoms with van der Waals surface area (Å²) >= 11 is 0. The van der Waals surface area contributed by atoms with Gasteiger partial charge in [-0.2, -0.15) is 0 Å². The zero-order valence-corrected chi connectivity index (χ0v) is 9.03. The van der Waals surface area contributed by atoms with Gasteiger partial charge in [0, 0.05) is 19.5 Å². The number of nitrogens with zero attached hydrogens (tertiary/aromatic N) is 1. The molecule has 0 aromatic carbocycles. The second-order valence-corrected chi connectivity index (χ2v) is 3.95. The molecule has 0 aromatic heterocycles. The maximum Gasteiger partial charge on any atom is 0.317 e. The van der Waals surface area contributed by atoms with Gasteiger partial charge in [0.25, 0.3) is 0 Å². The lowest BCUT2D eigenvalue weighted by molar-refractivity contribution is -0.139. The van der Waals surface area contributed by atoms with Crippen molar-refractivity contribution in [1.82, 2.24) is 10.2 Å². The van der Waals surface area contributed by atoms with Gasteiger partial charge in [0.05, 0.1) is 6.54 Å². The number of aliphatic carboxylic acids is 1. The standard InChI is InChI=1S/C10H18N2O3/c1-8(13)11-6-9-4-2-3-5-12(9)7-10(14)15/h9H,2-7H2,1H3,(H,11,13)(H,14,15). The molecule has 1 rings (SSSR count). The number of likely N-dealkylation sites (tertiary alicyclic amines) is 1. The van der Waals surface area contributed by atoms with E-state index in [0.29, 0.717) is 6.54 Å². The number of hydrogen-bond acceptors (Lipinski definition) is 3. The van der Waals surface area contributed by atoms with Crippen LogP contribution in [0.1, 0.15) is 26.2 Å². The molecule has 0 radical (unpaired) electrons. The minimum Gasteiger partial charge on any atom is -0.480 e. The summed E-state index contributed by atoms with van der Waals surface area (Å²) in [5, 5.41) is 11.5. The summed E-state index contributed by atoms with van der Waals surface area (Å²) in [5.41, 5.74) is 0. The van der Waals surface area contributed by atoms with Crippen LogP contribution in [0.2, 0.25) is 0 Å². The molecule has 0 aliphatic carbocycles. The van der Waals surface area contributed by atoms with E-state index in [1.165, 1.54) is 6.92 Å². The van der Waals surface area contributed by atoms with Crippen LogP contribution in [0.5, 0.6) is 0 Å². The predicted molar refractivity (Wildman–Crippen MR) is 55.5 cm³/mol. The second-order valence-electron chi connectivity index (χ2n) is 3.95. The Morgan fingerprint density at radius 2 is 2.20 bits per heavy atom. The predicted octanol–water partition coefficient (Wildman–Crippen LogP) is 0.0616. The molecule has 1 saturated heterocycles. The SMILES string of the molecule is CC(=O)NCC1CCCCN1CC(=O)O. The first-order chi connectivity index (χ1) is 7.09. The molecule has 5 nitrogen and oxygen atoms in total. The van der Waals surface area contributed by atoms with Crippen molar-refractivity contribution >= 4 is 11.9 Å². The highest BCUT2D eigenvalue weighted by atomic mass is 16.4. The number of carbonyl (C=O) groups is 2. The molecule has 1 unspecified atom stereocenters. The van der Waals surface area contributed by atoms with E-state index in [9.17, 15) is 9.59 Å². The third kappa shape index (κ3) is 4.29. The number of hydrogen-bond donors (Lipinski definition) is 2. The molecule has 0 spiro atoms. The van der Waals surface area contributed by atoms with Crippen molar-refractivity contribution in [1.29, 1.82) is 0 Å². The highest BCUT2D eigenvalue weighted by Crippen LogP contribution is 2.15. The normalized spacial score (nSPS) is 22.3. The number of piperidine rings is 1. The lowest BCUT2D eigenvalue weighted by Gasteiger charge is -2.34. The molecular formula is C10H18N2O3. The Morgan fingerprint density at radius 1 is 1.47 bits per heavy atom. The van der Waals surface area contributed by atoms with Gasteiger partial charge in [-0.15, -0.1) is 0 Å². The van der Waals surface area contributed by atoms with Crippen molar-refractivity contribution in [2.75, 3.05) is 19.6 Å². The van der Waals surface area contributed by atoms with E-state index in [1.807, 2.05) is 4.90 Å². The smallest absolute Gasteiger partial charge is 0.317 e. The van der Waals surface area contributed by atoms with Gasteiger partial charge in [-0.05, 0) is 19.4 Å². The Kier molecular flexibility index (Phi) is 4.55. The molecule has 86 valence electrons. The van der Waals surface area contributed by atoms with Crippen molar-refractivity contribution in [3.05, 3.63) is 0 Å².